The first-order valence-corrected chi connectivity index (χ1v) is 27.2. The number of rotatable bonds is 21. The Hall–Kier alpha value is -5.98. The number of nitrogens with zero attached hydrogens (tertiary/aromatic N) is 12. The van der Waals surface area contributed by atoms with E-state index in [1.54, 1.807) is 6.92 Å². The summed E-state index contributed by atoms with van der Waals surface area (Å²) in [7, 11) is 0. The highest BCUT2D eigenvalue weighted by atomic mass is 35.5. The minimum Gasteiger partial charge on any atom is -0.465 e. The predicted molar refractivity (Wildman–Crippen MR) is 306 cm³/mol. The second-order valence-electron chi connectivity index (χ2n) is 16.9. The first-order chi connectivity index (χ1) is 37.3. The van der Waals surface area contributed by atoms with Gasteiger partial charge in [-0.05, 0) is 88.0 Å². The van der Waals surface area contributed by atoms with Crippen molar-refractivity contribution in [2.75, 3.05) is 68.8 Å². The minimum atomic E-state index is -0.729. The molecular weight excluding hydrogens is 1140 g/mol. The second-order valence-corrected chi connectivity index (χ2v) is 18.9. The fourth-order valence-corrected chi connectivity index (χ4v) is 8.99. The van der Waals surface area contributed by atoms with Crippen LogP contribution in [-0.2, 0) is 62.5 Å². The van der Waals surface area contributed by atoms with Gasteiger partial charge in [-0.2, -0.15) is 37.9 Å². The summed E-state index contributed by atoms with van der Waals surface area (Å²) in [5, 5.41) is 34.8. The number of halogens is 3. The van der Waals surface area contributed by atoms with E-state index < -0.39 is 37.8 Å². The molecule has 5 N–H and O–H groups in total. The van der Waals surface area contributed by atoms with Crippen LogP contribution in [0.3, 0.4) is 0 Å². The number of anilines is 3. The summed E-state index contributed by atoms with van der Waals surface area (Å²) in [5.74, 6) is 0.107. The van der Waals surface area contributed by atoms with Crippen LogP contribution in [-0.4, -0.2) is 119 Å². The molecule has 2 saturated heterocycles. The monoisotopic (exact) mass is 1200 g/mol. The van der Waals surface area contributed by atoms with Gasteiger partial charge < -0.3 is 31.2 Å². The topological polar surface area (TPSA) is 333 Å². The van der Waals surface area contributed by atoms with Crippen molar-refractivity contribution in [3.63, 3.8) is 0 Å². The number of aromatic nitrogens is 6. The molecule has 31 heteroatoms. The van der Waals surface area contributed by atoms with Gasteiger partial charge in [0.1, 0.15) is 24.0 Å². The largest absolute Gasteiger partial charge is 0.465 e. The van der Waals surface area contributed by atoms with Crippen molar-refractivity contribution in [1.29, 1.82) is 0 Å². The van der Waals surface area contributed by atoms with Gasteiger partial charge in [0, 0.05) is 26.2 Å². The van der Waals surface area contributed by atoms with Crippen molar-refractivity contribution in [1.82, 2.24) is 45.0 Å². The first-order valence-electron chi connectivity index (χ1n) is 24.1. The molecule has 0 aliphatic carbocycles. The van der Waals surface area contributed by atoms with Gasteiger partial charge in [-0.1, -0.05) is 83.3 Å². The average molecular weight is 1200 g/mol. The van der Waals surface area contributed by atoms with E-state index in [4.69, 9.17) is 55.7 Å². The fraction of sp³-hybridized carbons (Fsp3) is 0.447. The lowest BCUT2D eigenvalue weighted by molar-refractivity contribution is -0.385. The van der Waals surface area contributed by atoms with Gasteiger partial charge in [0.15, 0.2) is 0 Å². The molecule has 0 unspecified atom stereocenters. The van der Waals surface area contributed by atoms with Crippen molar-refractivity contribution in [3.05, 3.63) is 134 Å². The highest BCUT2D eigenvalue weighted by Gasteiger charge is 2.29. The smallest absolute Gasteiger partial charge is 0.353 e. The average Bonchev–Trinajstić information content (AvgIpc) is 4.12. The third kappa shape index (κ3) is 21.0. The summed E-state index contributed by atoms with van der Waals surface area (Å²) < 4.78 is 9.97. The highest BCUT2D eigenvalue weighted by Crippen LogP contribution is 2.33. The van der Waals surface area contributed by atoms with Crippen LogP contribution in [0.2, 0.25) is 15.5 Å². The van der Waals surface area contributed by atoms with Crippen molar-refractivity contribution in [2.45, 2.75) is 83.0 Å². The molecular formula is C47H60Cl3N15O10S3. The zero-order valence-corrected chi connectivity index (χ0v) is 47.6. The molecule has 7 rings (SSSR count). The molecule has 3 aromatic heterocycles. The molecule has 0 atom stereocenters. The Labute approximate surface area is 481 Å². The van der Waals surface area contributed by atoms with Crippen LogP contribution >= 0.6 is 72.7 Å². The number of hydrogen-bond donors (Lipinski definition) is 6. The molecule has 0 bridgehead atoms. The zero-order valence-electron chi connectivity index (χ0n) is 42.6. The van der Waals surface area contributed by atoms with E-state index in [1.165, 1.54) is 54.8 Å². The molecule has 422 valence electrons. The van der Waals surface area contributed by atoms with Gasteiger partial charge in [-0.3, -0.25) is 49.7 Å². The lowest BCUT2D eigenvalue weighted by Crippen LogP contribution is -2.32. The Kier molecular flexibility index (Phi) is 27.7. The number of likely N-dealkylation sites (tertiary alicyclic amines) is 2. The van der Waals surface area contributed by atoms with Crippen molar-refractivity contribution < 1.29 is 33.8 Å². The van der Waals surface area contributed by atoms with Crippen LogP contribution in [0.5, 0.6) is 0 Å². The molecule has 0 saturated carbocycles. The number of nitro groups is 3. The fourth-order valence-electron chi connectivity index (χ4n) is 7.74. The molecule has 2 aromatic carbocycles. The van der Waals surface area contributed by atoms with Crippen LogP contribution in [0.4, 0.5) is 34.5 Å². The van der Waals surface area contributed by atoms with Gasteiger partial charge in [-0.15, -0.1) is 0 Å². The molecule has 2 aliphatic rings. The number of esters is 2. The zero-order chi connectivity index (χ0) is 57.3. The summed E-state index contributed by atoms with van der Waals surface area (Å²) in [5.41, 5.74) is 14.4. The molecule has 78 heavy (non-hydrogen) atoms. The number of ether oxygens (including phenoxy) is 2. The van der Waals surface area contributed by atoms with Crippen molar-refractivity contribution in [3.8, 4) is 0 Å². The number of nitrogens with one attached hydrogen (secondary N) is 1. The normalized spacial score (nSPS) is 13.0. The number of thiol groups is 3. The molecule has 0 radical (unpaired) electrons. The maximum absolute atomic E-state index is 12.3. The molecule has 0 amide bonds. The Morgan fingerprint density at radius 3 is 1.50 bits per heavy atom. The highest BCUT2D eigenvalue weighted by molar-refractivity contribution is 7.79. The van der Waals surface area contributed by atoms with Gasteiger partial charge in [0.2, 0.25) is 32.9 Å². The van der Waals surface area contributed by atoms with E-state index >= 15 is 0 Å². The third-order valence-electron chi connectivity index (χ3n) is 11.1. The maximum Gasteiger partial charge on any atom is 0.353 e. The van der Waals surface area contributed by atoms with Gasteiger partial charge >= 0.3 is 29.0 Å². The van der Waals surface area contributed by atoms with Crippen LogP contribution in [0, 0.1) is 30.3 Å². The molecule has 0 spiro atoms. The van der Waals surface area contributed by atoms with E-state index in [0.29, 0.717) is 13.2 Å². The summed E-state index contributed by atoms with van der Waals surface area (Å²) in [6.45, 7) is 11.6. The van der Waals surface area contributed by atoms with E-state index in [9.17, 15) is 39.9 Å². The van der Waals surface area contributed by atoms with E-state index in [-0.39, 0.29) is 99.9 Å². The van der Waals surface area contributed by atoms with E-state index in [1.807, 2.05) is 25.1 Å². The van der Waals surface area contributed by atoms with Crippen molar-refractivity contribution in [2.24, 2.45) is 0 Å². The SMILES string of the molecule is CCOC(=O)CN(Cc1cccc(CN2CCCC2)c1)c1nc(CS)nc(N)c1[N+](=O)[O-].CCOC(=O)CNCc1cccc(CN2CCCC2)c1.Nc1nc(CS)nc(Cl)c1[N+](=O)[O-].O=[N+]([O-])c1c(Cl)nc(CS)nc1Cl. The summed E-state index contributed by atoms with van der Waals surface area (Å²) in [4.78, 5) is 83.1. The van der Waals surface area contributed by atoms with E-state index in [0.717, 1.165) is 37.3 Å². The lowest BCUT2D eigenvalue weighted by atomic mass is 10.1. The predicted octanol–water partition coefficient (Wildman–Crippen LogP) is 7.67. The maximum atomic E-state index is 12.3. The van der Waals surface area contributed by atoms with Crippen LogP contribution in [0.1, 0.15) is 79.3 Å². The Bertz CT molecular complexity index is 2720. The number of benzene rings is 2. The molecule has 2 aliphatic heterocycles. The number of carbonyl (C=O) groups excluding carboxylic acids is 2. The molecule has 25 nitrogen and oxygen atoms in total. The number of nitrogens with two attached hydrogens (primary N) is 2. The minimum absolute atomic E-state index is 0.0236. The lowest BCUT2D eigenvalue weighted by Gasteiger charge is -2.24. The molecule has 5 heterocycles. The summed E-state index contributed by atoms with van der Waals surface area (Å²) in [6.07, 6.45) is 5.06. The van der Waals surface area contributed by atoms with E-state index in [2.05, 4.69) is 113 Å². The van der Waals surface area contributed by atoms with Gasteiger partial charge in [0.05, 0.1) is 51.8 Å². The molecule has 5 aromatic rings. The number of hydrogen-bond acceptors (Lipinski definition) is 25. The van der Waals surface area contributed by atoms with Crippen LogP contribution in [0.15, 0.2) is 48.5 Å². The van der Waals surface area contributed by atoms with Crippen LogP contribution in [0.25, 0.3) is 0 Å². The molecule has 2 fully saturated rings. The third-order valence-corrected chi connectivity index (χ3v) is 12.7. The second kappa shape index (κ2) is 33.5. The Balaban J connectivity index is 0.000000243. The Morgan fingerprint density at radius 2 is 1.04 bits per heavy atom. The number of nitrogen functional groups attached to an aromatic ring is 2. The Morgan fingerprint density at radius 1 is 0.628 bits per heavy atom. The number of carbonyl (C=O) groups is 2. The van der Waals surface area contributed by atoms with Crippen molar-refractivity contribution >= 4 is 119 Å². The first kappa shape index (κ1) is 64.5. The summed E-state index contributed by atoms with van der Waals surface area (Å²) in [6, 6.07) is 16.5. The quantitative estimate of drug-likeness (QED) is 0.0135. The standard InChI is InChI=1S/C21H28N6O4S.C16H24N2O2.C5H3Cl2N3O2S.C5H5ClN4O2S/c1-2-31-18(28)13-26(21-19(27(29)30)20(22)23-17(14-32)24-21)12-16-7-5-6-15(10-16)11-25-8-3-4-9-25;1-2-20-16(19)12-17-11-14-6-5-7-15(10-14)13-18-8-3-4-9-18;2*6-4-3(10(11)12)5(7)9-2(1-13)8-4/h5-7,10,32H,2-4,8-9,11-14H2,1H3,(H2,22,23,24);5-7,10,17H,2-4,8-9,11-13H2,1H3;13H,1H2;13H,1H2,(H2,7,8,9). The summed E-state index contributed by atoms with van der Waals surface area (Å²) >= 11 is 28.4. The van der Waals surface area contributed by atoms with Crippen LogP contribution < -0.4 is 21.7 Å². The van der Waals surface area contributed by atoms with Gasteiger partial charge in [0.25, 0.3) is 0 Å². The van der Waals surface area contributed by atoms with Gasteiger partial charge in [-0.25, -0.2) is 29.9 Å².